The number of nitrogens with one attached hydrogen (secondary N) is 1. The first-order chi connectivity index (χ1) is 9.91. The summed E-state index contributed by atoms with van der Waals surface area (Å²) in [5.74, 6) is -1.53. The Hall–Kier alpha value is -1.88. The molecular formula is C16H24N2O3. The zero-order valence-corrected chi connectivity index (χ0v) is 12.6. The Balaban J connectivity index is 2.59. The minimum atomic E-state index is -1.06. The summed E-state index contributed by atoms with van der Waals surface area (Å²) in [5, 5.41) is 11.9. The largest absolute Gasteiger partial charge is 0.479 e. The van der Waals surface area contributed by atoms with Gasteiger partial charge in [0.15, 0.2) is 6.04 Å². The van der Waals surface area contributed by atoms with E-state index in [1.807, 2.05) is 6.92 Å². The predicted octanol–water partition coefficient (Wildman–Crippen LogP) is 2.08. The highest BCUT2D eigenvalue weighted by molar-refractivity contribution is 5.85. The van der Waals surface area contributed by atoms with Gasteiger partial charge in [0.2, 0.25) is 5.91 Å². The second-order valence-corrected chi connectivity index (χ2v) is 5.50. The monoisotopic (exact) mass is 292 g/mol. The summed E-state index contributed by atoms with van der Waals surface area (Å²) in [6.45, 7) is 3.74. The van der Waals surface area contributed by atoms with Crippen LogP contribution in [0, 0.1) is 5.92 Å². The predicted molar refractivity (Wildman–Crippen MR) is 81.6 cm³/mol. The van der Waals surface area contributed by atoms with Crippen molar-refractivity contribution in [3.63, 3.8) is 0 Å². The number of carbonyl (C=O) groups excluding carboxylic acids is 1. The number of hydrogen-bond acceptors (Lipinski definition) is 3. The maximum atomic E-state index is 12.1. The van der Waals surface area contributed by atoms with Gasteiger partial charge in [-0.1, -0.05) is 43.7 Å². The third kappa shape index (κ3) is 5.95. The van der Waals surface area contributed by atoms with Crippen molar-refractivity contribution in [1.82, 2.24) is 5.32 Å². The maximum absolute atomic E-state index is 12.1. The first kappa shape index (κ1) is 17.2. The maximum Gasteiger partial charge on any atom is 0.330 e. The van der Waals surface area contributed by atoms with E-state index in [2.05, 4.69) is 5.32 Å². The molecule has 1 amide bonds. The Kier molecular flexibility index (Phi) is 6.88. The first-order valence-electron chi connectivity index (χ1n) is 7.25. The van der Waals surface area contributed by atoms with Crippen LogP contribution in [0.1, 0.15) is 44.7 Å². The van der Waals surface area contributed by atoms with Crippen LogP contribution in [0.5, 0.6) is 0 Å². The van der Waals surface area contributed by atoms with Crippen molar-refractivity contribution in [3.05, 3.63) is 35.9 Å². The van der Waals surface area contributed by atoms with E-state index < -0.39 is 12.0 Å². The summed E-state index contributed by atoms with van der Waals surface area (Å²) in [5.41, 5.74) is 6.24. The molecule has 2 unspecified atom stereocenters. The molecule has 3 atom stereocenters. The van der Waals surface area contributed by atoms with Gasteiger partial charge in [0, 0.05) is 12.0 Å². The quantitative estimate of drug-likeness (QED) is 0.684. The highest BCUT2D eigenvalue weighted by Gasteiger charge is 2.24. The summed E-state index contributed by atoms with van der Waals surface area (Å²) < 4.78 is 0. The molecule has 1 aromatic rings. The fraction of sp³-hybridized carbons (Fsp3) is 0.500. The second kappa shape index (κ2) is 8.42. The van der Waals surface area contributed by atoms with Crippen LogP contribution in [0.4, 0.5) is 0 Å². The van der Waals surface area contributed by atoms with E-state index in [-0.39, 0.29) is 17.9 Å². The van der Waals surface area contributed by atoms with Crippen molar-refractivity contribution < 1.29 is 14.7 Å². The molecule has 4 N–H and O–H groups in total. The highest BCUT2D eigenvalue weighted by atomic mass is 16.4. The summed E-state index contributed by atoms with van der Waals surface area (Å²) >= 11 is 0. The molecule has 0 spiro atoms. The molecule has 0 fully saturated rings. The van der Waals surface area contributed by atoms with E-state index in [1.54, 1.807) is 37.3 Å². The van der Waals surface area contributed by atoms with E-state index in [1.165, 1.54) is 0 Å². The van der Waals surface area contributed by atoms with Crippen LogP contribution < -0.4 is 11.1 Å². The number of benzene rings is 1. The van der Waals surface area contributed by atoms with Crippen molar-refractivity contribution in [2.75, 3.05) is 0 Å². The summed E-state index contributed by atoms with van der Waals surface area (Å²) in [4.78, 5) is 23.4. The zero-order valence-electron chi connectivity index (χ0n) is 12.6. The van der Waals surface area contributed by atoms with Gasteiger partial charge in [-0.3, -0.25) is 4.79 Å². The van der Waals surface area contributed by atoms with Crippen molar-refractivity contribution in [1.29, 1.82) is 0 Å². The minimum Gasteiger partial charge on any atom is -0.479 e. The van der Waals surface area contributed by atoms with Gasteiger partial charge >= 0.3 is 5.97 Å². The molecule has 116 valence electrons. The van der Waals surface area contributed by atoms with Gasteiger partial charge in [-0.05, 0) is 25.3 Å². The van der Waals surface area contributed by atoms with Crippen LogP contribution in [-0.2, 0) is 9.59 Å². The lowest BCUT2D eigenvalue weighted by molar-refractivity contribution is -0.142. The van der Waals surface area contributed by atoms with Gasteiger partial charge in [0.05, 0.1) is 0 Å². The van der Waals surface area contributed by atoms with Crippen molar-refractivity contribution in [3.8, 4) is 0 Å². The van der Waals surface area contributed by atoms with Gasteiger partial charge in [-0.25, -0.2) is 4.79 Å². The molecule has 0 radical (unpaired) electrons. The molecule has 0 saturated heterocycles. The lowest BCUT2D eigenvalue weighted by Gasteiger charge is -2.18. The van der Waals surface area contributed by atoms with Crippen molar-refractivity contribution >= 4 is 11.9 Å². The first-order valence-corrected chi connectivity index (χ1v) is 7.25. The Labute approximate surface area is 125 Å². The Bertz CT molecular complexity index is 460. The third-order valence-corrected chi connectivity index (χ3v) is 3.41. The van der Waals surface area contributed by atoms with Crippen molar-refractivity contribution in [2.45, 2.75) is 45.2 Å². The number of rotatable bonds is 8. The molecule has 1 aromatic carbocycles. The number of aliphatic carboxylic acids is 1. The fourth-order valence-corrected chi connectivity index (χ4v) is 2.09. The summed E-state index contributed by atoms with van der Waals surface area (Å²) in [6, 6.07) is 7.82. The molecule has 0 saturated carbocycles. The Morgan fingerprint density at radius 3 is 2.33 bits per heavy atom. The summed E-state index contributed by atoms with van der Waals surface area (Å²) in [6.07, 6.45) is 2.42. The van der Waals surface area contributed by atoms with Crippen LogP contribution in [0.2, 0.25) is 0 Å². The molecule has 21 heavy (non-hydrogen) atoms. The number of carbonyl (C=O) groups is 2. The third-order valence-electron chi connectivity index (χ3n) is 3.41. The SMILES string of the molecule is CC(N)CCCC(C)C(=O)N[C@H](C(=O)O)c1ccccc1. The van der Waals surface area contributed by atoms with E-state index >= 15 is 0 Å². The average Bonchev–Trinajstić information content (AvgIpc) is 2.44. The van der Waals surface area contributed by atoms with Crippen LogP contribution in [0.25, 0.3) is 0 Å². The van der Waals surface area contributed by atoms with Crippen LogP contribution in [-0.4, -0.2) is 23.0 Å². The van der Waals surface area contributed by atoms with E-state index in [0.717, 1.165) is 12.8 Å². The standard InChI is InChI=1S/C16H24N2O3/c1-11(7-6-8-12(2)17)15(19)18-14(16(20)21)13-9-4-3-5-10-13/h3-5,9-12,14H,6-8,17H2,1-2H3,(H,18,19)(H,20,21)/t11?,12?,14-/m0/s1. The molecule has 0 aliphatic rings. The fourth-order valence-electron chi connectivity index (χ4n) is 2.09. The minimum absolute atomic E-state index is 0.122. The van der Waals surface area contributed by atoms with E-state index in [9.17, 15) is 14.7 Å². The molecule has 0 heterocycles. The molecular weight excluding hydrogens is 268 g/mol. The van der Waals surface area contributed by atoms with E-state index in [0.29, 0.717) is 12.0 Å². The number of carboxylic acid groups (broad SMARTS) is 1. The number of carboxylic acids is 1. The lowest BCUT2D eigenvalue weighted by atomic mass is 10.00. The van der Waals surface area contributed by atoms with Gasteiger partial charge in [-0.15, -0.1) is 0 Å². The second-order valence-electron chi connectivity index (χ2n) is 5.50. The molecule has 0 aliphatic heterocycles. The van der Waals surface area contributed by atoms with E-state index in [4.69, 9.17) is 5.73 Å². The normalized spacial score (nSPS) is 15.0. The number of nitrogens with two attached hydrogens (primary N) is 1. The molecule has 1 rings (SSSR count). The summed E-state index contributed by atoms with van der Waals surface area (Å²) in [7, 11) is 0. The lowest BCUT2D eigenvalue weighted by Crippen LogP contribution is -2.37. The van der Waals surface area contributed by atoms with Gasteiger partial charge < -0.3 is 16.2 Å². The number of hydrogen-bond donors (Lipinski definition) is 3. The highest BCUT2D eigenvalue weighted by Crippen LogP contribution is 2.15. The van der Waals surface area contributed by atoms with Gasteiger partial charge in [-0.2, -0.15) is 0 Å². The Morgan fingerprint density at radius 2 is 1.81 bits per heavy atom. The van der Waals surface area contributed by atoms with Crippen LogP contribution in [0.3, 0.4) is 0 Å². The van der Waals surface area contributed by atoms with Crippen LogP contribution >= 0.6 is 0 Å². The van der Waals surface area contributed by atoms with Crippen molar-refractivity contribution in [2.24, 2.45) is 11.7 Å². The topological polar surface area (TPSA) is 92.4 Å². The average molecular weight is 292 g/mol. The molecule has 0 aliphatic carbocycles. The molecule has 0 aromatic heterocycles. The molecule has 5 heteroatoms. The van der Waals surface area contributed by atoms with Gasteiger partial charge in [0.25, 0.3) is 0 Å². The zero-order chi connectivity index (χ0) is 15.8. The van der Waals surface area contributed by atoms with Crippen LogP contribution in [0.15, 0.2) is 30.3 Å². The number of amides is 1. The molecule has 5 nitrogen and oxygen atoms in total. The smallest absolute Gasteiger partial charge is 0.330 e. The Morgan fingerprint density at radius 1 is 1.19 bits per heavy atom. The van der Waals surface area contributed by atoms with Gasteiger partial charge in [0.1, 0.15) is 0 Å². The molecule has 0 bridgehead atoms.